The molecular formula is C27H26O6. The molecule has 5 atom stereocenters. The van der Waals surface area contributed by atoms with Crippen molar-refractivity contribution >= 4 is 5.97 Å². The summed E-state index contributed by atoms with van der Waals surface area (Å²) in [5.41, 5.74) is 2.89. The van der Waals surface area contributed by atoms with E-state index in [4.69, 9.17) is 23.7 Å². The summed E-state index contributed by atoms with van der Waals surface area (Å²) in [7, 11) is 0. The van der Waals surface area contributed by atoms with Crippen molar-refractivity contribution in [3.63, 3.8) is 0 Å². The lowest BCUT2D eigenvalue weighted by Gasteiger charge is -2.35. The van der Waals surface area contributed by atoms with E-state index in [1.165, 1.54) is 0 Å². The van der Waals surface area contributed by atoms with Crippen LogP contribution in [-0.2, 0) is 41.7 Å². The molecule has 2 aliphatic rings. The van der Waals surface area contributed by atoms with Crippen LogP contribution >= 0.6 is 0 Å². The van der Waals surface area contributed by atoms with E-state index in [0.29, 0.717) is 6.61 Å². The van der Waals surface area contributed by atoms with Gasteiger partial charge in [-0.3, -0.25) is 0 Å². The van der Waals surface area contributed by atoms with Crippen molar-refractivity contribution in [1.82, 2.24) is 0 Å². The Hall–Kier alpha value is -3.03. The molecule has 0 radical (unpaired) electrons. The third-order valence-electron chi connectivity index (χ3n) is 5.79. The van der Waals surface area contributed by atoms with Gasteiger partial charge in [0.15, 0.2) is 18.5 Å². The number of hydrogen-bond donors (Lipinski definition) is 0. The second kappa shape index (κ2) is 10.3. The van der Waals surface area contributed by atoms with Gasteiger partial charge in [-0.25, -0.2) is 4.79 Å². The zero-order valence-corrected chi connectivity index (χ0v) is 18.1. The number of benzene rings is 3. The minimum atomic E-state index is -0.880. The van der Waals surface area contributed by atoms with Crippen LogP contribution in [0.15, 0.2) is 91.0 Å². The molecule has 0 N–H and O–H groups in total. The zero-order valence-electron chi connectivity index (χ0n) is 18.1. The second-order valence-corrected chi connectivity index (χ2v) is 8.14. The van der Waals surface area contributed by atoms with E-state index in [0.717, 1.165) is 16.7 Å². The Bertz CT molecular complexity index is 1030. The lowest BCUT2D eigenvalue weighted by atomic mass is 10.00. The number of ether oxygens (including phenoxy) is 5. The van der Waals surface area contributed by atoms with Crippen LogP contribution in [-0.4, -0.2) is 37.0 Å². The van der Waals surface area contributed by atoms with Crippen LogP contribution in [0.5, 0.6) is 0 Å². The van der Waals surface area contributed by atoms with E-state index in [9.17, 15) is 4.79 Å². The van der Waals surface area contributed by atoms with Crippen molar-refractivity contribution < 1.29 is 28.5 Å². The Labute approximate surface area is 193 Å². The molecule has 3 aromatic carbocycles. The van der Waals surface area contributed by atoms with Gasteiger partial charge < -0.3 is 23.7 Å². The molecule has 6 heteroatoms. The van der Waals surface area contributed by atoms with Gasteiger partial charge in [0.2, 0.25) is 0 Å². The third-order valence-corrected chi connectivity index (χ3v) is 5.79. The van der Waals surface area contributed by atoms with Crippen LogP contribution < -0.4 is 0 Å². The topological polar surface area (TPSA) is 63.2 Å². The van der Waals surface area contributed by atoms with Gasteiger partial charge >= 0.3 is 5.97 Å². The van der Waals surface area contributed by atoms with Gasteiger partial charge in [0.05, 0.1) is 19.8 Å². The predicted molar refractivity (Wildman–Crippen MR) is 120 cm³/mol. The largest absolute Gasteiger partial charge is 0.455 e. The third kappa shape index (κ3) is 5.15. The van der Waals surface area contributed by atoms with Crippen LogP contribution in [0.2, 0.25) is 0 Å². The number of hydrogen-bond acceptors (Lipinski definition) is 6. The molecule has 0 aliphatic carbocycles. The van der Waals surface area contributed by atoms with Gasteiger partial charge in [0.25, 0.3) is 0 Å². The van der Waals surface area contributed by atoms with Crippen molar-refractivity contribution in [2.24, 2.45) is 0 Å². The standard InChI is InChI=1S/C27H26O6/c28-26-25(30-17-20-12-6-2-7-13-20)24-23(32-27(33-24)21-14-8-3-9-15-21)22(31-26)18-29-16-19-10-4-1-5-11-19/h1-15,22-25,27H,16-18H2/t22-,23+,24+,25-,27-/m1/s1. The van der Waals surface area contributed by atoms with Crippen molar-refractivity contribution in [2.75, 3.05) is 6.61 Å². The number of carbonyl (C=O) groups excluding carboxylic acids is 1. The van der Waals surface area contributed by atoms with Crippen molar-refractivity contribution in [3.8, 4) is 0 Å². The van der Waals surface area contributed by atoms with Crippen LogP contribution in [0, 0.1) is 0 Å². The van der Waals surface area contributed by atoms with Gasteiger partial charge in [0.1, 0.15) is 12.2 Å². The van der Waals surface area contributed by atoms with Crippen LogP contribution in [0.3, 0.4) is 0 Å². The predicted octanol–water partition coefficient (Wildman–Crippen LogP) is 4.20. The Kier molecular flexibility index (Phi) is 6.79. The van der Waals surface area contributed by atoms with E-state index in [1.807, 2.05) is 91.0 Å². The van der Waals surface area contributed by atoms with Gasteiger partial charge in [-0.05, 0) is 11.1 Å². The molecule has 0 bridgehead atoms. The molecule has 5 rings (SSSR count). The fraction of sp³-hybridized carbons (Fsp3) is 0.296. The van der Waals surface area contributed by atoms with Crippen LogP contribution in [0.25, 0.3) is 0 Å². The Balaban J connectivity index is 1.29. The quantitative estimate of drug-likeness (QED) is 0.484. The maximum atomic E-state index is 12.9. The molecule has 3 aromatic rings. The van der Waals surface area contributed by atoms with E-state index in [2.05, 4.69) is 0 Å². The van der Waals surface area contributed by atoms with Crippen molar-refractivity contribution in [2.45, 2.75) is 43.9 Å². The summed E-state index contributed by atoms with van der Waals surface area (Å²) >= 11 is 0. The van der Waals surface area contributed by atoms with E-state index < -0.39 is 36.7 Å². The second-order valence-electron chi connectivity index (χ2n) is 8.14. The first kappa shape index (κ1) is 21.8. The molecule has 170 valence electrons. The molecule has 2 saturated heterocycles. The fourth-order valence-corrected chi connectivity index (χ4v) is 4.12. The van der Waals surface area contributed by atoms with Crippen LogP contribution in [0.4, 0.5) is 0 Å². The number of cyclic esters (lactones) is 1. The highest BCUT2D eigenvalue weighted by Gasteiger charge is 2.54. The van der Waals surface area contributed by atoms with Crippen molar-refractivity contribution in [3.05, 3.63) is 108 Å². The minimum absolute atomic E-state index is 0.206. The lowest BCUT2D eigenvalue weighted by Crippen LogP contribution is -2.56. The molecule has 0 saturated carbocycles. The SMILES string of the molecule is O=C1O[C@H](COCc2ccccc2)[C@@H]2O[C@@H](c3ccccc3)O[C@@H]2[C@H]1OCc1ccccc1. The highest BCUT2D eigenvalue weighted by molar-refractivity contribution is 5.77. The van der Waals surface area contributed by atoms with Gasteiger partial charge in [0, 0.05) is 5.56 Å². The van der Waals surface area contributed by atoms with E-state index >= 15 is 0 Å². The summed E-state index contributed by atoms with van der Waals surface area (Å²) in [4.78, 5) is 12.9. The van der Waals surface area contributed by atoms with Gasteiger partial charge in [-0.15, -0.1) is 0 Å². The molecule has 33 heavy (non-hydrogen) atoms. The molecule has 6 nitrogen and oxygen atoms in total. The number of esters is 1. The zero-order chi connectivity index (χ0) is 22.5. The van der Waals surface area contributed by atoms with Crippen molar-refractivity contribution in [1.29, 1.82) is 0 Å². The first-order valence-electron chi connectivity index (χ1n) is 11.1. The highest BCUT2D eigenvalue weighted by Crippen LogP contribution is 2.39. The summed E-state index contributed by atoms with van der Waals surface area (Å²) in [6.45, 7) is 0.902. The Morgan fingerprint density at radius 1 is 0.697 bits per heavy atom. The number of carbonyl (C=O) groups is 1. The highest BCUT2D eigenvalue weighted by atomic mass is 16.8. The summed E-state index contributed by atoms with van der Waals surface area (Å²) < 4.78 is 30.0. The molecule has 0 aromatic heterocycles. The average molecular weight is 446 g/mol. The normalized spacial score (nSPS) is 26.5. The average Bonchev–Trinajstić information content (AvgIpc) is 3.31. The van der Waals surface area contributed by atoms with Gasteiger partial charge in [-0.1, -0.05) is 91.0 Å². The summed E-state index contributed by atoms with van der Waals surface area (Å²) in [5, 5.41) is 0. The molecule has 2 aliphatic heterocycles. The minimum Gasteiger partial charge on any atom is -0.455 e. The first-order valence-corrected chi connectivity index (χ1v) is 11.1. The molecule has 0 amide bonds. The summed E-state index contributed by atoms with van der Waals surface area (Å²) in [5.74, 6) is -0.460. The number of fused-ring (bicyclic) bond motifs is 1. The maximum absolute atomic E-state index is 12.9. The molecule has 0 spiro atoms. The molecule has 0 unspecified atom stereocenters. The molecular weight excluding hydrogens is 420 g/mol. The van der Waals surface area contributed by atoms with Gasteiger partial charge in [-0.2, -0.15) is 0 Å². The molecule has 2 fully saturated rings. The molecule has 2 heterocycles. The summed E-state index contributed by atoms with van der Waals surface area (Å²) in [6, 6.07) is 29.2. The Morgan fingerprint density at radius 3 is 1.94 bits per heavy atom. The summed E-state index contributed by atoms with van der Waals surface area (Å²) in [6.07, 6.45) is -3.16. The van der Waals surface area contributed by atoms with Crippen LogP contribution in [0.1, 0.15) is 23.0 Å². The fourth-order valence-electron chi connectivity index (χ4n) is 4.12. The van der Waals surface area contributed by atoms with E-state index in [1.54, 1.807) is 0 Å². The first-order chi connectivity index (χ1) is 16.3. The lowest BCUT2D eigenvalue weighted by molar-refractivity contribution is -0.199. The van der Waals surface area contributed by atoms with E-state index in [-0.39, 0.29) is 13.2 Å². The monoisotopic (exact) mass is 446 g/mol. The maximum Gasteiger partial charge on any atom is 0.338 e. The smallest absolute Gasteiger partial charge is 0.338 e. The number of rotatable bonds is 8. The Morgan fingerprint density at radius 2 is 1.27 bits per heavy atom.